The summed E-state index contributed by atoms with van der Waals surface area (Å²) < 4.78 is 1.88. The lowest BCUT2D eigenvalue weighted by Gasteiger charge is -2.16. The van der Waals surface area contributed by atoms with Crippen LogP contribution < -0.4 is 5.69 Å². The predicted molar refractivity (Wildman–Crippen MR) is 75.5 cm³/mol. The number of rotatable bonds is 5. The molecule has 0 aliphatic heterocycles. The van der Waals surface area contributed by atoms with Gasteiger partial charge in [0.15, 0.2) is 0 Å². The topological polar surface area (TPSA) is 38.1 Å². The van der Waals surface area contributed by atoms with Crippen LogP contribution in [0, 0.1) is 0 Å². The molecular formula is C13H21N3OS. The molecule has 0 amide bonds. The Bertz CT molecular complexity index is 482. The number of aromatic nitrogens is 2. The Labute approximate surface area is 112 Å². The second-order valence-electron chi connectivity index (χ2n) is 4.87. The quantitative estimate of drug-likeness (QED) is 0.597. The summed E-state index contributed by atoms with van der Waals surface area (Å²) in [6, 6.07) is 0. The van der Waals surface area contributed by atoms with Crippen molar-refractivity contribution in [3.8, 4) is 0 Å². The van der Waals surface area contributed by atoms with Crippen molar-refractivity contribution in [3.63, 3.8) is 0 Å². The van der Waals surface area contributed by atoms with Crippen molar-refractivity contribution in [2.45, 2.75) is 37.8 Å². The lowest BCUT2D eigenvalue weighted by molar-refractivity contribution is 0.375. The Hall–Kier alpha value is -0.810. The Balaban J connectivity index is 2.36. The van der Waals surface area contributed by atoms with Crippen LogP contribution in [0.4, 0.5) is 0 Å². The van der Waals surface area contributed by atoms with E-state index >= 15 is 0 Å². The van der Waals surface area contributed by atoms with Crippen LogP contribution in [-0.4, -0.2) is 40.8 Å². The number of hydrogen-bond acceptors (Lipinski definition) is 4. The Kier molecular flexibility index (Phi) is 4.45. The van der Waals surface area contributed by atoms with Gasteiger partial charge in [0, 0.05) is 24.3 Å². The summed E-state index contributed by atoms with van der Waals surface area (Å²) in [5.74, 6) is 0.973. The molecule has 4 nitrogen and oxygen atoms in total. The summed E-state index contributed by atoms with van der Waals surface area (Å²) in [5, 5.41) is 0.969. The second kappa shape index (κ2) is 5.89. The van der Waals surface area contributed by atoms with Gasteiger partial charge in [0.1, 0.15) is 5.03 Å². The first-order chi connectivity index (χ1) is 8.63. The van der Waals surface area contributed by atoms with Gasteiger partial charge in [-0.15, -0.1) is 11.8 Å². The van der Waals surface area contributed by atoms with E-state index in [0.717, 1.165) is 43.1 Å². The molecule has 0 N–H and O–H groups in total. The van der Waals surface area contributed by atoms with Crippen LogP contribution >= 0.6 is 11.8 Å². The fourth-order valence-corrected chi connectivity index (χ4v) is 3.18. The first-order valence-corrected chi connectivity index (χ1v) is 7.52. The lowest BCUT2D eigenvalue weighted by Crippen LogP contribution is -2.31. The molecule has 0 saturated carbocycles. The van der Waals surface area contributed by atoms with E-state index in [9.17, 15) is 4.79 Å². The van der Waals surface area contributed by atoms with E-state index in [0.29, 0.717) is 0 Å². The van der Waals surface area contributed by atoms with Crippen molar-refractivity contribution in [3.05, 3.63) is 21.7 Å². The maximum absolute atomic E-state index is 12.1. The molecule has 0 aromatic carbocycles. The molecule has 0 radical (unpaired) electrons. The molecule has 100 valence electrons. The zero-order valence-electron chi connectivity index (χ0n) is 11.4. The van der Waals surface area contributed by atoms with Gasteiger partial charge in [-0.25, -0.2) is 4.79 Å². The van der Waals surface area contributed by atoms with E-state index < -0.39 is 0 Å². The number of fused-ring (bicyclic) bond motifs is 1. The van der Waals surface area contributed by atoms with Crippen LogP contribution in [0.1, 0.15) is 24.6 Å². The molecule has 1 aliphatic rings. The molecule has 1 aromatic heterocycles. The van der Waals surface area contributed by atoms with Crippen molar-refractivity contribution in [2.75, 3.05) is 26.4 Å². The van der Waals surface area contributed by atoms with Gasteiger partial charge in [0.25, 0.3) is 0 Å². The molecule has 0 unspecified atom stereocenters. The fraction of sp³-hybridized carbons (Fsp3) is 0.692. The summed E-state index contributed by atoms with van der Waals surface area (Å²) in [6.45, 7) is 3.73. The first-order valence-electron chi connectivity index (χ1n) is 6.53. The Morgan fingerprint density at radius 3 is 2.83 bits per heavy atom. The van der Waals surface area contributed by atoms with Gasteiger partial charge in [-0.1, -0.05) is 6.92 Å². The highest BCUT2D eigenvalue weighted by atomic mass is 32.2. The standard InChI is InChI=1S/C13H21N3OS/c1-4-18-12-10-6-5-7-11(10)16(13(17)14-12)9-8-15(2)3/h4-9H2,1-3H3. The predicted octanol–water partition coefficient (Wildman–Crippen LogP) is 1.41. The number of nitrogens with zero attached hydrogens (tertiary/aromatic N) is 3. The van der Waals surface area contributed by atoms with Gasteiger partial charge < -0.3 is 4.90 Å². The van der Waals surface area contributed by atoms with Crippen LogP contribution in [0.5, 0.6) is 0 Å². The number of hydrogen-bond donors (Lipinski definition) is 0. The van der Waals surface area contributed by atoms with Crippen LogP contribution in [-0.2, 0) is 19.4 Å². The minimum atomic E-state index is -0.0755. The summed E-state index contributed by atoms with van der Waals surface area (Å²) >= 11 is 1.69. The molecule has 0 spiro atoms. The molecule has 1 aliphatic carbocycles. The zero-order valence-corrected chi connectivity index (χ0v) is 12.2. The molecule has 1 aromatic rings. The minimum absolute atomic E-state index is 0.0755. The van der Waals surface area contributed by atoms with E-state index in [1.807, 2.05) is 18.7 Å². The van der Waals surface area contributed by atoms with Crippen LogP contribution in [0.2, 0.25) is 0 Å². The van der Waals surface area contributed by atoms with Gasteiger partial charge in [0.2, 0.25) is 0 Å². The monoisotopic (exact) mass is 267 g/mol. The average molecular weight is 267 g/mol. The summed E-state index contributed by atoms with van der Waals surface area (Å²) in [7, 11) is 4.06. The zero-order chi connectivity index (χ0) is 13.1. The largest absolute Gasteiger partial charge is 0.348 e. The van der Waals surface area contributed by atoms with Gasteiger partial charge in [0.05, 0.1) is 0 Å². The van der Waals surface area contributed by atoms with Crippen molar-refractivity contribution < 1.29 is 0 Å². The molecular weight excluding hydrogens is 246 g/mol. The van der Waals surface area contributed by atoms with E-state index in [2.05, 4.69) is 16.8 Å². The van der Waals surface area contributed by atoms with Crippen LogP contribution in [0.3, 0.4) is 0 Å². The van der Waals surface area contributed by atoms with Gasteiger partial charge >= 0.3 is 5.69 Å². The van der Waals surface area contributed by atoms with Crippen molar-refractivity contribution in [2.24, 2.45) is 0 Å². The molecule has 1 heterocycles. The highest BCUT2D eigenvalue weighted by molar-refractivity contribution is 7.99. The van der Waals surface area contributed by atoms with Gasteiger partial charge in [-0.05, 0) is 39.1 Å². The smallest absolute Gasteiger partial charge is 0.308 e. The van der Waals surface area contributed by atoms with Crippen molar-refractivity contribution in [1.29, 1.82) is 0 Å². The van der Waals surface area contributed by atoms with E-state index in [-0.39, 0.29) is 5.69 Å². The average Bonchev–Trinajstić information content (AvgIpc) is 2.77. The van der Waals surface area contributed by atoms with Gasteiger partial charge in [-0.3, -0.25) is 4.57 Å². The maximum Gasteiger partial charge on any atom is 0.348 e. The molecule has 5 heteroatoms. The number of thioether (sulfide) groups is 1. The highest BCUT2D eigenvalue weighted by Gasteiger charge is 2.21. The van der Waals surface area contributed by atoms with Crippen molar-refractivity contribution in [1.82, 2.24) is 14.5 Å². The third-order valence-corrected chi connectivity index (χ3v) is 4.15. The first kappa shape index (κ1) is 13.6. The summed E-state index contributed by atoms with van der Waals surface area (Å²) in [5.41, 5.74) is 2.47. The summed E-state index contributed by atoms with van der Waals surface area (Å²) in [4.78, 5) is 18.5. The molecule has 0 fully saturated rings. The maximum atomic E-state index is 12.1. The fourth-order valence-electron chi connectivity index (χ4n) is 2.37. The van der Waals surface area contributed by atoms with E-state index in [4.69, 9.17) is 0 Å². The Morgan fingerprint density at radius 1 is 1.39 bits per heavy atom. The minimum Gasteiger partial charge on any atom is -0.308 e. The molecule has 2 rings (SSSR count). The second-order valence-corrected chi connectivity index (χ2v) is 6.12. The van der Waals surface area contributed by atoms with E-state index in [1.54, 1.807) is 11.8 Å². The molecule has 0 saturated heterocycles. The lowest BCUT2D eigenvalue weighted by atomic mass is 10.2. The number of likely N-dealkylation sites (N-methyl/N-ethyl adjacent to an activating group) is 1. The molecule has 0 atom stereocenters. The molecule has 18 heavy (non-hydrogen) atoms. The Morgan fingerprint density at radius 2 is 2.17 bits per heavy atom. The summed E-state index contributed by atoms with van der Waals surface area (Å²) in [6.07, 6.45) is 3.25. The SMILES string of the molecule is CCSc1nc(=O)n(CCN(C)C)c2c1CCC2. The highest BCUT2D eigenvalue weighted by Crippen LogP contribution is 2.28. The third-order valence-electron chi connectivity index (χ3n) is 3.25. The van der Waals surface area contributed by atoms with E-state index in [1.165, 1.54) is 11.3 Å². The van der Waals surface area contributed by atoms with Gasteiger partial charge in [-0.2, -0.15) is 4.98 Å². The third kappa shape index (κ3) is 2.78. The van der Waals surface area contributed by atoms with Crippen LogP contribution in [0.25, 0.3) is 0 Å². The normalized spacial score (nSPS) is 14.2. The van der Waals surface area contributed by atoms with Crippen molar-refractivity contribution >= 4 is 11.8 Å². The van der Waals surface area contributed by atoms with Crippen LogP contribution in [0.15, 0.2) is 9.82 Å². The molecule has 0 bridgehead atoms.